The lowest BCUT2D eigenvalue weighted by molar-refractivity contribution is -0.153. The van der Waals surface area contributed by atoms with Crippen molar-refractivity contribution in [2.45, 2.75) is 65.6 Å². The summed E-state index contributed by atoms with van der Waals surface area (Å²) >= 11 is 6.17. The number of sulfone groups is 1. The van der Waals surface area contributed by atoms with Crippen molar-refractivity contribution in [3.8, 4) is 11.8 Å². The number of nitrogens with zero attached hydrogens (tertiary/aromatic N) is 2. The SMILES string of the molecule is N#CC1(NC(=O)O[C@H]2C[C@@H](S(=O)(=O)c3ccc(OCC(F)(F)F)cc3Cl)CN2C(=O)C2(c3ccccc3)CC2)CC1. The van der Waals surface area contributed by atoms with Crippen LogP contribution < -0.4 is 10.1 Å². The van der Waals surface area contributed by atoms with Gasteiger partial charge in [0.05, 0.1) is 26.7 Å². The highest BCUT2D eigenvalue weighted by molar-refractivity contribution is 7.92. The molecule has 218 valence electrons. The zero-order valence-corrected chi connectivity index (χ0v) is 23.1. The van der Waals surface area contributed by atoms with Crippen molar-refractivity contribution in [2.75, 3.05) is 13.2 Å². The smallest absolute Gasteiger partial charge is 0.422 e. The van der Waals surface area contributed by atoms with Crippen molar-refractivity contribution in [3.05, 3.63) is 59.1 Å². The van der Waals surface area contributed by atoms with Gasteiger partial charge < -0.3 is 19.7 Å². The number of benzene rings is 2. The Kier molecular flexibility index (Phi) is 7.36. The van der Waals surface area contributed by atoms with Gasteiger partial charge in [-0.15, -0.1) is 0 Å². The zero-order valence-electron chi connectivity index (χ0n) is 21.5. The minimum Gasteiger partial charge on any atom is -0.484 e. The van der Waals surface area contributed by atoms with E-state index in [-0.39, 0.29) is 34.5 Å². The molecule has 9 nitrogen and oxygen atoms in total. The van der Waals surface area contributed by atoms with E-state index in [0.29, 0.717) is 25.7 Å². The molecule has 41 heavy (non-hydrogen) atoms. The number of nitriles is 1. The number of rotatable bonds is 8. The molecule has 2 atom stereocenters. The third-order valence-corrected chi connectivity index (χ3v) is 10.2. The van der Waals surface area contributed by atoms with Gasteiger partial charge in [0, 0.05) is 19.0 Å². The first-order valence-electron chi connectivity index (χ1n) is 12.8. The molecule has 2 aromatic carbocycles. The van der Waals surface area contributed by atoms with Crippen molar-refractivity contribution >= 4 is 33.4 Å². The summed E-state index contributed by atoms with van der Waals surface area (Å²) in [6.07, 6.45) is -5.10. The lowest BCUT2D eigenvalue weighted by Gasteiger charge is -2.29. The predicted octanol–water partition coefficient (Wildman–Crippen LogP) is 4.50. The molecule has 1 aliphatic heterocycles. The molecule has 1 heterocycles. The lowest BCUT2D eigenvalue weighted by atomic mass is 9.94. The molecule has 2 aromatic rings. The predicted molar refractivity (Wildman–Crippen MR) is 139 cm³/mol. The maximum absolute atomic E-state index is 13.9. The van der Waals surface area contributed by atoms with Gasteiger partial charge in [-0.2, -0.15) is 18.4 Å². The highest BCUT2D eigenvalue weighted by Crippen LogP contribution is 2.51. The number of hydrogen-bond donors (Lipinski definition) is 1. The number of hydrogen-bond acceptors (Lipinski definition) is 7. The van der Waals surface area contributed by atoms with Crippen LogP contribution in [0.5, 0.6) is 5.75 Å². The minimum absolute atomic E-state index is 0.266. The number of halogens is 4. The summed E-state index contributed by atoms with van der Waals surface area (Å²) in [7, 11) is -4.25. The number of amides is 2. The van der Waals surface area contributed by atoms with Crippen LogP contribution in [0.1, 0.15) is 37.7 Å². The van der Waals surface area contributed by atoms with Gasteiger partial charge in [-0.05, 0) is 43.4 Å². The van der Waals surface area contributed by atoms with E-state index in [4.69, 9.17) is 16.3 Å². The summed E-state index contributed by atoms with van der Waals surface area (Å²) in [5.41, 5.74) is -1.16. The second kappa shape index (κ2) is 10.4. The Bertz CT molecular complexity index is 1500. The Morgan fingerprint density at radius 3 is 2.37 bits per heavy atom. The molecule has 3 aliphatic rings. The van der Waals surface area contributed by atoms with Gasteiger partial charge in [-0.3, -0.25) is 4.79 Å². The first kappa shape index (κ1) is 29.0. The molecular weight excluding hydrogens is 587 g/mol. The molecule has 5 rings (SSSR count). The molecule has 2 aliphatic carbocycles. The Morgan fingerprint density at radius 1 is 1.12 bits per heavy atom. The average Bonchev–Trinajstić information content (AvgIpc) is 3.84. The van der Waals surface area contributed by atoms with Crippen molar-refractivity contribution in [2.24, 2.45) is 0 Å². The van der Waals surface area contributed by atoms with E-state index in [2.05, 4.69) is 10.1 Å². The Morgan fingerprint density at radius 2 is 1.80 bits per heavy atom. The third kappa shape index (κ3) is 5.94. The summed E-state index contributed by atoms with van der Waals surface area (Å²) in [6, 6.07) is 14.1. The summed E-state index contributed by atoms with van der Waals surface area (Å²) in [6.45, 7) is -1.88. The molecule has 0 spiro atoms. The van der Waals surface area contributed by atoms with Crippen LogP contribution in [0.15, 0.2) is 53.4 Å². The molecule has 1 N–H and O–H groups in total. The number of alkyl halides is 3. The number of alkyl carbamates (subject to hydrolysis) is 1. The quantitative estimate of drug-likeness (QED) is 0.466. The number of nitrogens with one attached hydrogen (secondary N) is 1. The van der Waals surface area contributed by atoms with Gasteiger partial charge in [-0.1, -0.05) is 41.9 Å². The summed E-state index contributed by atoms with van der Waals surface area (Å²) in [5, 5.41) is 10.2. The lowest BCUT2D eigenvalue weighted by Crippen LogP contribution is -2.46. The van der Waals surface area contributed by atoms with E-state index in [1.54, 1.807) is 12.1 Å². The fraction of sp³-hybridized carbons (Fsp3) is 0.444. The molecule has 3 fully saturated rings. The Balaban J connectivity index is 1.39. The van der Waals surface area contributed by atoms with Crippen LogP contribution in [0.2, 0.25) is 5.02 Å². The fourth-order valence-electron chi connectivity index (χ4n) is 4.98. The molecule has 0 bridgehead atoms. The van der Waals surface area contributed by atoms with Gasteiger partial charge >= 0.3 is 12.3 Å². The minimum atomic E-state index is -4.59. The van der Waals surface area contributed by atoms with Gasteiger partial charge in [-0.25, -0.2) is 13.2 Å². The first-order valence-corrected chi connectivity index (χ1v) is 14.7. The molecule has 0 radical (unpaired) electrons. The molecule has 2 amide bonds. The second-order valence-corrected chi connectivity index (χ2v) is 13.1. The number of likely N-dealkylation sites (tertiary alicyclic amines) is 1. The number of ether oxygens (including phenoxy) is 2. The molecule has 0 unspecified atom stereocenters. The third-order valence-electron chi connectivity index (χ3n) is 7.56. The highest BCUT2D eigenvalue weighted by Gasteiger charge is 2.57. The van der Waals surface area contributed by atoms with Gasteiger partial charge in [0.25, 0.3) is 0 Å². The standard InChI is InChI=1S/C27H25ClF3N3O6S/c28-20-12-18(39-16-27(29,30)31)6-7-21(20)41(37,38)19-13-22(40-24(36)33-25(15-32)8-9-25)34(14-19)23(35)26(10-11-26)17-4-2-1-3-5-17/h1-7,12,19,22H,8-11,13-14,16H2,(H,33,36)/t19-,22+/m1/s1. The van der Waals surface area contributed by atoms with Crippen molar-refractivity contribution in [1.82, 2.24) is 10.2 Å². The van der Waals surface area contributed by atoms with Crippen molar-refractivity contribution in [1.29, 1.82) is 5.26 Å². The van der Waals surface area contributed by atoms with Crippen LogP contribution >= 0.6 is 11.6 Å². The van der Waals surface area contributed by atoms with Crippen molar-refractivity contribution < 1.29 is 40.7 Å². The van der Waals surface area contributed by atoms with E-state index in [9.17, 15) is 36.4 Å². The second-order valence-electron chi connectivity index (χ2n) is 10.5. The Hall–Kier alpha value is -3.50. The first-order chi connectivity index (χ1) is 19.3. The van der Waals surface area contributed by atoms with Gasteiger partial charge in [0.1, 0.15) is 11.3 Å². The van der Waals surface area contributed by atoms with E-state index in [0.717, 1.165) is 23.8 Å². The summed E-state index contributed by atoms with van der Waals surface area (Å²) < 4.78 is 75.0. The zero-order chi connectivity index (χ0) is 29.6. The van der Waals surface area contributed by atoms with Crippen molar-refractivity contribution in [3.63, 3.8) is 0 Å². The molecular formula is C27H25ClF3N3O6S. The van der Waals surface area contributed by atoms with E-state index in [1.165, 1.54) is 4.90 Å². The van der Waals surface area contributed by atoms with Crippen LogP contribution in [-0.2, 0) is 24.8 Å². The fourth-order valence-corrected chi connectivity index (χ4v) is 7.20. The number of carbonyl (C=O) groups is 2. The molecule has 0 aromatic heterocycles. The monoisotopic (exact) mass is 611 g/mol. The Labute approximate surface area is 239 Å². The van der Waals surface area contributed by atoms with Gasteiger partial charge in [0.15, 0.2) is 22.7 Å². The largest absolute Gasteiger partial charge is 0.484 e. The normalized spacial score (nSPS) is 22.4. The molecule has 14 heteroatoms. The summed E-state index contributed by atoms with van der Waals surface area (Å²) in [5.74, 6) is -0.653. The van der Waals surface area contributed by atoms with Crippen LogP contribution in [-0.4, -0.2) is 61.7 Å². The van der Waals surface area contributed by atoms with E-state index >= 15 is 0 Å². The maximum Gasteiger partial charge on any atom is 0.422 e. The molecule has 2 saturated carbocycles. The topological polar surface area (TPSA) is 126 Å². The molecule has 1 saturated heterocycles. The number of carbonyl (C=O) groups excluding carboxylic acids is 2. The highest BCUT2D eigenvalue weighted by atomic mass is 35.5. The van der Waals surface area contributed by atoms with Crippen LogP contribution in [0, 0.1) is 11.3 Å². The van der Waals surface area contributed by atoms with E-state index < -0.39 is 51.1 Å². The average molecular weight is 612 g/mol. The summed E-state index contributed by atoms with van der Waals surface area (Å²) in [4.78, 5) is 27.4. The van der Waals surface area contributed by atoms with Crippen LogP contribution in [0.3, 0.4) is 0 Å². The maximum atomic E-state index is 13.9. The van der Waals surface area contributed by atoms with Crippen LogP contribution in [0.25, 0.3) is 0 Å². The van der Waals surface area contributed by atoms with Gasteiger partial charge in [0.2, 0.25) is 5.91 Å². The van der Waals surface area contributed by atoms with E-state index in [1.807, 2.05) is 24.3 Å². The van der Waals surface area contributed by atoms with Crippen LogP contribution in [0.4, 0.5) is 18.0 Å².